The summed E-state index contributed by atoms with van der Waals surface area (Å²) in [5, 5.41) is 5.55. The molecule has 2 aliphatic carbocycles. The van der Waals surface area contributed by atoms with Gasteiger partial charge in [0.1, 0.15) is 5.75 Å². The van der Waals surface area contributed by atoms with Gasteiger partial charge in [-0.05, 0) is 107 Å². The SMILES string of the molecule is C[C@@H]([C]1[CH][CH][CH][C]1P(c1ccccc1)c1ccccc1)N1B(c2ccccc2)Oc2ccccc21.[CH]1[CH][CH][C](P(c2ccccc2)c2ccccc2)[CH]1.[Fe+2]. The quantitative estimate of drug-likeness (QED) is 0.108. The predicted octanol–water partition coefficient (Wildman–Crippen LogP) is 9.01. The Hall–Kier alpha value is -3.64. The topological polar surface area (TPSA) is 12.5 Å². The van der Waals surface area contributed by atoms with Gasteiger partial charge in [-0.2, -0.15) is 0 Å². The summed E-state index contributed by atoms with van der Waals surface area (Å²) >= 11 is 0. The Kier molecular flexibility index (Phi) is 13.5. The molecule has 10 radical (unpaired) electrons. The Morgan fingerprint density at radius 1 is 0.481 bits per heavy atom. The fourth-order valence-electron chi connectivity index (χ4n) is 7.16. The van der Waals surface area contributed by atoms with Gasteiger partial charge in [0, 0.05) is 23.3 Å². The average Bonchev–Trinajstić information content (AvgIpc) is 4.02. The molecule has 3 aliphatic rings. The van der Waals surface area contributed by atoms with Crippen LogP contribution in [0, 0.1) is 62.2 Å². The molecule has 1 atom stereocenters. The van der Waals surface area contributed by atoms with Crippen LogP contribution in [-0.4, -0.2) is 13.1 Å². The van der Waals surface area contributed by atoms with Crippen molar-refractivity contribution in [3.8, 4) is 5.75 Å². The zero-order valence-corrected chi connectivity index (χ0v) is 32.9. The monoisotopic (exact) mass is 775 g/mol. The third-order valence-electron chi connectivity index (χ3n) is 9.61. The van der Waals surface area contributed by atoms with E-state index in [-0.39, 0.29) is 30.2 Å². The van der Waals surface area contributed by atoms with Gasteiger partial charge in [-0.25, -0.2) is 0 Å². The van der Waals surface area contributed by atoms with E-state index in [4.69, 9.17) is 4.65 Å². The Balaban J connectivity index is 0.000000200. The zero-order valence-electron chi connectivity index (χ0n) is 30.0. The molecule has 0 N–H and O–H groups in total. The predicted molar refractivity (Wildman–Crippen MR) is 229 cm³/mol. The molecular weight excluding hydrogens is 735 g/mol. The summed E-state index contributed by atoms with van der Waals surface area (Å²) in [6.07, 6.45) is 15.5. The van der Waals surface area contributed by atoms with Crippen molar-refractivity contribution in [1.82, 2.24) is 0 Å². The van der Waals surface area contributed by atoms with E-state index in [1.54, 1.807) is 0 Å². The maximum Gasteiger partial charge on any atom is 2.00 e. The first-order valence-electron chi connectivity index (χ1n) is 18.1. The Morgan fingerprint density at radius 2 is 0.926 bits per heavy atom. The smallest absolute Gasteiger partial charge is 0.536 e. The molecular formula is C48H40BFeNOP2+2. The van der Waals surface area contributed by atoms with Crippen molar-refractivity contribution in [3.63, 3.8) is 0 Å². The number of fused-ring (bicyclic) bond motifs is 1. The molecule has 6 aromatic rings. The van der Waals surface area contributed by atoms with Gasteiger partial charge >= 0.3 is 24.1 Å². The number of hydrogen-bond acceptors (Lipinski definition) is 2. The first kappa shape index (κ1) is 38.6. The molecule has 0 bridgehead atoms. The van der Waals surface area contributed by atoms with E-state index in [1.807, 2.05) is 6.07 Å². The van der Waals surface area contributed by atoms with Crippen LogP contribution in [0.5, 0.6) is 5.75 Å². The third-order valence-corrected chi connectivity index (χ3v) is 14.6. The van der Waals surface area contributed by atoms with E-state index in [9.17, 15) is 0 Å². The molecule has 6 heteroatoms. The fraction of sp³-hybridized carbons (Fsp3) is 0.0417. The summed E-state index contributed by atoms with van der Waals surface area (Å²) in [7, 11) is -1.25. The molecule has 0 aromatic heterocycles. The number of nitrogens with zero attached hydrogens (tertiary/aromatic N) is 1. The summed E-state index contributed by atoms with van der Waals surface area (Å²) in [6, 6.07) is 62.5. The van der Waals surface area contributed by atoms with E-state index < -0.39 is 15.8 Å². The van der Waals surface area contributed by atoms with Gasteiger partial charge in [-0.15, -0.1) is 0 Å². The maximum atomic E-state index is 6.53. The third kappa shape index (κ3) is 8.59. The van der Waals surface area contributed by atoms with Gasteiger partial charge < -0.3 is 9.47 Å². The van der Waals surface area contributed by atoms with Gasteiger partial charge in [0.25, 0.3) is 0 Å². The molecule has 0 unspecified atom stereocenters. The molecule has 2 saturated carbocycles. The van der Waals surface area contributed by atoms with E-state index in [0.29, 0.717) is 0 Å². The van der Waals surface area contributed by atoms with Crippen LogP contribution < -0.4 is 36.1 Å². The molecule has 0 spiro atoms. The number of rotatable bonds is 9. The van der Waals surface area contributed by atoms with E-state index in [0.717, 1.165) is 16.9 Å². The van der Waals surface area contributed by atoms with Gasteiger partial charge in [0.2, 0.25) is 0 Å². The number of hydrogen-bond donors (Lipinski definition) is 0. The van der Waals surface area contributed by atoms with Crippen molar-refractivity contribution in [2.75, 3.05) is 4.81 Å². The standard InChI is InChI=1S/C31H26BNOP.C17H14P.Fe/c1-24(33-29-21-11-12-22-30(29)34-32(33)25-14-5-2-6-15-25)28-20-13-23-31(28)35(26-16-7-3-8-17-26)27-18-9-4-10-19-27;1-3-9-15(10-4-1)18(17-13-7-8-14-17)16-11-5-2-6-12-16;/h2-24H,1H3;1-14H;/q;;+2/t24-;;/m0../s1. The van der Waals surface area contributed by atoms with Crippen molar-refractivity contribution in [3.05, 3.63) is 238 Å². The molecule has 262 valence electrons. The Bertz CT molecular complexity index is 1920. The molecule has 1 heterocycles. The van der Waals surface area contributed by atoms with Crippen LogP contribution >= 0.6 is 15.8 Å². The van der Waals surface area contributed by atoms with Crippen molar-refractivity contribution in [2.24, 2.45) is 0 Å². The van der Waals surface area contributed by atoms with Crippen LogP contribution in [0.3, 0.4) is 0 Å². The van der Waals surface area contributed by atoms with E-state index in [2.05, 4.69) is 227 Å². The van der Waals surface area contributed by atoms with Crippen molar-refractivity contribution >= 4 is 55.3 Å². The van der Waals surface area contributed by atoms with Gasteiger partial charge in [-0.3, -0.25) is 0 Å². The molecule has 2 nitrogen and oxygen atoms in total. The molecule has 6 aromatic carbocycles. The van der Waals surface area contributed by atoms with Crippen LogP contribution in [0.2, 0.25) is 0 Å². The van der Waals surface area contributed by atoms with Crippen LogP contribution in [0.15, 0.2) is 176 Å². The Labute approximate surface area is 336 Å². The van der Waals surface area contributed by atoms with Crippen molar-refractivity contribution in [2.45, 2.75) is 13.0 Å². The number of benzene rings is 6. The van der Waals surface area contributed by atoms with E-state index in [1.165, 1.54) is 38.5 Å². The molecule has 2 fully saturated rings. The second-order valence-electron chi connectivity index (χ2n) is 13.0. The first-order valence-corrected chi connectivity index (χ1v) is 20.8. The normalized spacial score (nSPS) is 16.4. The minimum Gasteiger partial charge on any atom is -0.536 e. The first-order chi connectivity index (χ1) is 26.3. The van der Waals surface area contributed by atoms with Gasteiger partial charge in [0.15, 0.2) is 0 Å². The minimum atomic E-state index is -0.680. The van der Waals surface area contributed by atoms with E-state index >= 15 is 0 Å². The molecule has 54 heavy (non-hydrogen) atoms. The molecule has 1 aliphatic heterocycles. The average molecular weight is 775 g/mol. The van der Waals surface area contributed by atoms with Crippen molar-refractivity contribution < 1.29 is 21.7 Å². The molecule has 0 amide bonds. The number of para-hydroxylation sites is 2. The summed E-state index contributed by atoms with van der Waals surface area (Å²) in [4.78, 5) is 2.44. The van der Waals surface area contributed by atoms with Crippen molar-refractivity contribution in [1.29, 1.82) is 0 Å². The van der Waals surface area contributed by atoms with Gasteiger partial charge in [0.05, 0.1) is 5.69 Å². The maximum absolute atomic E-state index is 6.53. The zero-order chi connectivity index (χ0) is 35.8. The second-order valence-corrected chi connectivity index (χ2v) is 17.4. The minimum absolute atomic E-state index is 0. The second kappa shape index (κ2) is 18.8. The summed E-state index contributed by atoms with van der Waals surface area (Å²) in [6.45, 7) is 2.31. The molecule has 0 saturated heterocycles. The molecule has 9 rings (SSSR count). The fourth-order valence-corrected chi connectivity index (χ4v) is 12.0. The van der Waals surface area contributed by atoms with Crippen LogP contribution in [-0.2, 0) is 17.1 Å². The van der Waals surface area contributed by atoms with Crippen LogP contribution in [0.4, 0.5) is 5.69 Å². The summed E-state index contributed by atoms with van der Waals surface area (Å²) in [5.74, 6) is 2.29. The number of anilines is 1. The largest absolute Gasteiger partial charge is 2.00 e. The van der Waals surface area contributed by atoms with Crippen LogP contribution in [0.1, 0.15) is 6.92 Å². The van der Waals surface area contributed by atoms with Gasteiger partial charge in [-0.1, -0.05) is 164 Å². The summed E-state index contributed by atoms with van der Waals surface area (Å²) < 4.78 is 6.53. The Morgan fingerprint density at radius 3 is 1.44 bits per heavy atom. The van der Waals surface area contributed by atoms with Crippen LogP contribution in [0.25, 0.3) is 0 Å². The summed E-state index contributed by atoms with van der Waals surface area (Å²) in [5.41, 5.74) is 5.13.